The molecule has 5 rings (SSSR count). The number of benzene rings is 5. The predicted octanol–water partition coefficient (Wildman–Crippen LogP) is 8.50. The highest BCUT2D eigenvalue weighted by molar-refractivity contribution is 6.09. The molecular weight excluding hydrogens is 458 g/mol. The van der Waals surface area contributed by atoms with E-state index in [0.717, 1.165) is 28.4 Å². The molecule has 0 bridgehead atoms. The zero-order chi connectivity index (χ0) is 25.6. The summed E-state index contributed by atoms with van der Waals surface area (Å²) in [7, 11) is 1.66. The maximum Gasteiger partial charge on any atom is 0.193 e. The maximum absolute atomic E-state index is 12.7. The summed E-state index contributed by atoms with van der Waals surface area (Å²) in [5.74, 6) is 2.19. The molecule has 0 aliphatic carbocycles. The smallest absolute Gasteiger partial charge is 0.193 e. The van der Waals surface area contributed by atoms with Crippen molar-refractivity contribution in [3.8, 4) is 17.2 Å². The van der Waals surface area contributed by atoms with Crippen molar-refractivity contribution in [1.82, 2.24) is 0 Å². The molecule has 0 saturated carbocycles. The Labute approximate surface area is 217 Å². The first-order valence-corrected chi connectivity index (χ1v) is 12.1. The van der Waals surface area contributed by atoms with Gasteiger partial charge in [-0.2, -0.15) is 0 Å². The highest BCUT2D eigenvalue weighted by Crippen LogP contribution is 2.36. The molecule has 0 atom stereocenters. The quantitative estimate of drug-likeness (QED) is 0.207. The van der Waals surface area contributed by atoms with Crippen LogP contribution in [-0.4, -0.2) is 12.9 Å². The minimum atomic E-state index is -0.00422. The van der Waals surface area contributed by atoms with E-state index in [4.69, 9.17) is 9.47 Å². The SMILES string of the molecule is COc1ccc(N(c2ccccc2)c2ccc(Oc3ccc(C(=O)c4ccc(C)cc4)cc3)cc2)cc1. The van der Waals surface area contributed by atoms with Crippen molar-refractivity contribution in [2.45, 2.75) is 6.92 Å². The molecular formula is C33H27NO3. The summed E-state index contributed by atoms with van der Waals surface area (Å²) >= 11 is 0. The number of para-hydroxylation sites is 1. The fourth-order valence-corrected chi connectivity index (χ4v) is 4.10. The monoisotopic (exact) mass is 485 g/mol. The molecule has 0 fully saturated rings. The summed E-state index contributed by atoms with van der Waals surface area (Å²) in [4.78, 5) is 14.9. The second-order valence-corrected chi connectivity index (χ2v) is 8.68. The molecule has 0 aromatic heterocycles. The van der Waals surface area contributed by atoms with Gasteiger partial charge in [-0.25, -0.2) is 0 Å². The van der Waals surface area contributed by atoms with Crippen LogP contribution in [0.4, 0.5) is 17.1 Å². The molecule has 0 saturated heterocycles. The van der Waals surface area contributed by atoms with Crippen LogP contribution in [0.5, 0.6) is 17.2 Å². The Bertz CT molecular complexity index is 1460. The molecule has 5 aromatic carbocycles. The van der Waals surface area contributed by atoms with E-state index in [1.165, 1.54) is 0 Å². The fraction of sp³-hybridized carbons (Fsp3) is 0.0606. The molecule has 0 N–H and O–H groups in total. The van der Waals surface area contributed by atoms with Gasteiger partial charge in [0.05, 0.1) is 7.11 Å². The molecule has 4 nitrogen and oxygen atoms in total. The molecule has 0 radical (unpaired) electrons. The van der Waals surface area contributed by atoms with Crippen LogP contribution in [0, 0.1) is 6.92 Å². The first-order chi connectivity index (χ1) is 18.1. The number of nitrogens with zero attached hydrogens (tertiary/aromatic N) is 1. The Morgan fingerprint density at radius 2 is 0.973 bits per heavy atom. The number of ether oxygens (including phenoxy) is 2. The molecule has 0 amide bonds. The number of hydrogen-bond donors (Lipinski definition) is 0. The standard InChI is InChI=1S/C33H27NO3/c1-24-8-10-25(11-9-24)33(35)26-12-18-31(19-13-26)37-32-22-16-29(17-23-32)34(27-6-4-3-5-7-27)28-14-20-30(36-2)21-15-28/h3-23H,1-2H3. The van der Waals surface area contributed by atoms with Crippen LogP contribution < -0.4 is 14.4 Å². The van der Waals surface area contributed by atoms with Gasteiger partial charge in [0.1, 0.15) is 17.2 Å². The van der Waals surface area contributed by atoms with E-state index in [2.05, 4.69) is 17.0 Å². The van der Waals surface area contributed by atoms with Crippen molar-refractivity contribution in [3.63, 3.8) is 0 Å². The summed E-state index contributed by atoms with van der Waals surface area (Å²) < 4.78 is 11.4. The highest BCUT2D eigenvalue weighted by atomic mass is 16.5. The Hall–Kier alpha value is -4.83. The van der Waals surface area contributed by atoms with Crippen LogP contribution in [0.25, 0.3) is 0 Å². The summed E-state index contributed by atoms with van der Waals surface area (Å²) in [5, 5.41) is 0. The lowest BCUT2D eigenvalue weighted by Crippen LogP contribution is -2.09. The molecule has 0 spiro atoms. The summed E-state index contributed by atoms with van der Waals surface area (Å²) in [6, 6.07) is 41.0. The van der Waals surface area contributed by atoms with Gasteiger partial charge in [0.15, 0.2) is 5.78 Å². The van der Waals surface area contributed by atoms with Gasteiger partial charge in [-0.1, -0.05) is 48.0 Å². The third-order valence-corrected chi connectivity index (χ3v) is 6.11. The molecule has 0 unspecified atom stereocenters. The topological polar surface area (TPSA) is 38.8 Å². The minimum Gasteiger partial charge on any atom is -0.497 e. The third-order valence-electron chi connectivity index (χ3n) is 6.11. The van der Waals surface area contributed by atoms with Crippen molar-refractivity contribution in [3.05, 3.63) is 144 Å². The molecule has 182 valence electrons. The number of hydrogen-bond acceptors (Lipinski definition) is 4. The lowest BCUT2D eigenvalue weighted by Gasteiger charge is -2.25. The van der Waals surface area contributed by atoms with Crippen molar-refractivity contribution in [1.29, 1.82) is 0 Å². The van der Waals surface area contributed by atoms with E-state index in [0.29, 0.717) is 22.6 Å². The summed E-state index contributed by atoms with van der Waals surface area (Å²) in [5.41, 5.74) is 5.51. The molecule has 0 aliphatic heterocycles. The minimum absolute atomic E-state index is 0.00422. The molecule has 0 aliphatic rings. The first kappa shape index (κ1) is 23.9. The van der Waals surface area contributed by atoms with Crippen LogP contribution in [0.1, 0.15) is 21.5 Å². The Kier molecular flexibility index (Phi) is 7.00. The van der Waals surface area contributed by atoms with E-state index in [9.17, 15) is 4.79 Å². The van der Waals surface area contributed by atoms with E-state index < -0.39 is 0 Å². The molecule has 0 heterocycles. The van der Waals surface area contributed by atoms with Crippen molar-refractivity contribution in [2.24, 2.45) is 0 Å². The van der Waals surface area contributed by atoms with Gasteiger partial charge in [0.2, 0.25) is 0 Å². The summed E-state index contributed by atoms with van der Waals surface area (Å²) in [6.45, 7) is 2.01. The van der Waals surface area contributed by atoms with Gasteiger partial charge in [-0.3, -0.25) is 4.79 Å². The largest absolute Gasteiger partial charge is 0.497 e. The third kappa shape index (κ3) is 5.54. The predicted molar refractivity (Wildman–Crippen MR) is 149 cm³/mol. The second-order valence-electron chi connectivity index (χ2n) is 8.68. The maximum atomic E-state index is 12.7. The van der Waals surface area contributed by atoms with Gasteiger partial charge in [-0.15, -0.1) is 0 Å². The second kappa shape index (κ2) is 10.8. The number of anilines is 3. The van der Waals surface area contributed by atoms with Crippen LogP contribution in [0.15, 0.2) is 127 Å². The highest BCUT2D eigenvalue weighted by Gasteiger charge is 2.13. The Morgan fingerprint density at radius 3 is 1.49 bits per heavy atom. The molecule has 5 aromatic rings. The number of carbonyl (C=O) groups excluding carboxylic acids is 1. The van der Waals surface area contributed by atoms with Crippen LogP contribution in [-0.2, 0) is 0 Å². The zero-order valence-corrected chi connectivity index (χ0v) is 20.8. The summed E-state index contributed by atoms with van der Waals surface area (Å²) in [6.07, 6.45) is 0. The van der Waals surface area contributed by atoms with Crippen LogP contribution in [0.3, 0.4) is 0 Å². The number of aryl methyl sites for hydroxylation is 1. The van der Waals surface area contributed by atoms with E-state index in [-0.39, 0.29) is 5.78 Å². The number of ketones is 1. The van der Waals surface area contributed by atoms with Gasteiger partial charge in [-0.05, 0) is 91.9 Å². The van der Waals surface area contributed by atoms with Gasteiger partial charge >= 0.3 is 0 Å². The lowest BCUT2D eigenvalue weighted by atomic mass is 10.0. The average molecular weight is 486 g/mol. The van der Waals surface area contributed by atoms with Crippen molar-refractivity contribution < 1.29 is 14.3 Å². The Morgan fingerprint density at radius 1 is 0.541 bits per heavy atom. The van der Waals surface area contributed by atoms with Gasteiger partial charge < -0.3 is 14.4 Å². The fourth-order valence-electron chi connectivity index (χ4n) is 4.10. The Balaban J connectivity index is 1.34. The average Bonchev–Trinajstić information content (AvgIpc) is 2.95. The van der Waals surface area contributed by atoms with Gasteiger partial charge in [0, 0.05) is 28.2 Å². The molecule has 37 heavy (non-hydrogen) atoms. The normalized spacial score (nSPS) is 10.5. The first-order valence-electron chi connectivity index (χ1n) is 12.1. The van der Waals surface area contributed by atoms with E-state index in [1.54, 1.807) is 19.2 Å². The zero-order valence-electron chi connectivity index (χ0n) is 20.8. The van der Waals surface area contributed by atoms with Crippen molar-refractivity contribution in [2.75, 3.05) is 12.0 Å². The van der Waals surface area contributed by atoms with Crippen LogP contribution >= 0.6 is 0 Å². The van der Waals surface area contributed by atoms with E-state index in [1.807, 2.05) is 110 Å². The molecule has 4 heteroatoms. The van der Waals surface area contributed by atoms with Gasteiger partial charge in [0.25, 0.3) is 0 Å². The van der Waals surface area contributed by atoms with E-state index >= 15 is 0 Å². The lowest BCUT2D eigenvalue weighted by molar-refractivity contribution is 0.103. The van der Waals surface area contributed by atoms with Crippen LogP contribution in [0.2, 0.25) is 0 Å². The number of rotatable bonds is 8. The number of carbonyl (C=O) groups is 1. The van der Waals surface area contributed by atoms with Crippen molar-refractivity contribution >= 4 is 22.8 Å². The number of methoxy groups -OCH3 is 1.